The van der Waals surface area contributed by atoms with Crippen molar-refractivity contribution in [2.24, 2.45) is 0 Å². The molecular formula is C15H18BrN3S. The molecule has 0 saturated heterocycles. The van der Waals surface area contributed by atoms with E-state index in [9.17, 15) is 0 Å². The number of hydrogen-bond donors (Lipinski definition) is 1. The van der Waals surface area contributed by atoms with Crippen LogP contribution in [0.1, 0.15) is 23.3 Å². The molecule has 0 bridgehead atoms. The Hall–Kier alpha value is -0.910. The van der Waals surface area contributed by atoms with Crippen LogP contribution in [-0.2, 0) is 13.1 Å². The summed E-state index contributed by atoms with van der Waals surface area (Å²) < 4.78 is 1.16. The summed E-state index contributed by atoms with van der Waals surface area (Å²) in [6, 6.07) is 5.03. The van der Waals surface area contributed by atoms with Crippen LogP contribution < -0.4 is 10.2 Å². The molecule has 2 aromatic rings. The summed E-state index contributed by atoms with van der Waals surface area (Å²) in [5.74, 6) is 0. The van der Waals surface area contributed by atoms with Crippen molar-refractivity contribution in [1.29, 1.82) is 0 Å². The molecule has 0 aliphatic heterocycles. The van der Waals surface area contributed by atoms with E-state index in [-0.39, 0.29) is 0 Å². The molecule has 106 valence electrons. The summed E-state index contributed by atoms with van der Waals surface area (Å²) in [4.78, 5) is 7.90. The molecule has 0 atom stereocenters. The number of nitrogens with one attached hydrogen (secondary N) is 1. The van der Waals surface area contributed by atoms with E-state index in [0.717, 1.165) is 23.6 Å². The molecular weight excluding hydrogens is 334 g/mol. The van der Waals surface area contributed by atoms with E-state index in [4.69, 9.17) is 0 Å². The normalized spacial score (nSPS) is 14.5. The molecule has 2 heterocycles. The summed E-state index contributed by atoms with van der Waals surface area (Å²) in [5, 5.41) is 5.70. The van der Waals surface area contributed by atoms with Crippen LogP contribution in [0, 0.1) is 0 Å². The van der Waals surface area contributed by atoms with Crippen LogP contribution >= 0.6 is 27.3 Å². The maximum atomic E-state index is 4.28. The van der Waals surface area contributed by atoms with Gasteiger partial charge in [0.05, 0.1) is 18.4 Å². The third kappa shape index (κ3) is 3.59. The minimum atomic E-state index is 0.731. The molecule has 0 aromatic carbocycles. The minimum Gasteiger partial charge on any atom is -0.368 e. The van der Waals surface area contributed by atoms with Gasteiger partial charge in [-0.2, -0.15) is 0 Å². The third-order valence-corrected chi connectivity index (χ3v) is 5.15. The highest BCUT2D eigenvalue weighted by atomic mass is 79.9. The molecule has 1 saturated carbocycles. The fraction of sp³-hybridized carbons (Fsp3) is 0.400. The van der Waals surface area contributed by atoms with Crippen LogP contribution in [0.2, 0.25) is 0 Å². The molecule has 20 heavy (non-hydrogen) atoms. The highest BCUT2D eigenvalue weighted by molar-refractivity contribution is 9.10. The number of hydrogen-bond acceptors (Lipinski definition) is 4. The molecule has 1 fully saturated rings. The van der Waals surface area contributed by atoms with Gasteiger partial charge in [0.15, 0.2) is 0 Å². The zero-order valence-corrected chi connectivity index (χ0v) is 13.9. The fourth-order valence-corrected chi connectivity index (χ4v) is 3.71. The van der Waals surface area contributed by atoms with Crippen molar-refractivity contribution < 1.29 is 0 Å². The Balaban J connectivity index is 1.70. The monoisotopic (exact) mass is 351 g/mol. The number of aromatic nitrogens is 1. The van der Waals surface area contributed by atoms with Crippen LogP contribution in [-0.4, -0.2) is 18.1 Å². The maximum Gasteiger partial charge on any atom is 0.0599 e. The summed E-state index contributed by atoms with van der Waals surface area (Å²) >= 11 is 5.29. The predicted molar refractivity (Wildman–Crippen MR) is 88.2 cm³/mol. The zero-order chi connectivity index (χ0) is 13.9. The van der Waals surface area contributed by atoms with Gasteiger partial charge in [-0.05, 0) is 46.5 Å². The van der Waals surface area contributed by atoms with Crippen molar-refractivity contribution in [1.82, 2.24) is 10.3 Å². The van der Waals surface area contributed by atoms with E-state index >= 15 is 0 Å². The summed E-state index contributed by atoms with van der Waals surface area (Å²) in [6.07, 6.45) is 6.48. The summed E-state index contributed by atoms with van der Waals surface area (Å²) in [7, 11) is 2.13. The van der Waals surface area contributed by atoms with E-state index in [1.165, 1.54) is 29.0 Å². The van der Waals surface area contributed by atoms with Crippen molar-refractivity contribution in [3.8, 4) is 0 Å². The molecule has 1 N–H and O–H groups in total. The van der Waals surface area contributed by atoms with Crippen LogP contribution in [0.5, 0.6) is 0 Å². The first kappa shape index (κ1) is 14.0. The van der Waals surface area contributed by atoms with Gasteiger partial charge in [0.1, 0.15) is 0 Å². The van der Waals surface area contributed by atoms with Gasteiger partial charge >= 0.3 is 0 Å². The lowest BCUT2D eigenvalue weighted by Gasteiger charge is -2.21. The van der Waals surface area contributed by atoms with Gasteiger partial charge < -0.3 is 10.2 Å². The molecule has 0 spiro atoms. The molecule has 1 aliphatic carbocycles. The first-order valence-corrected chi connectivity index (χ1v) is 8.50. The number of thiophene rings is 1. The molecule has 0 amide bonds. The average Bonchev–Trinajstić information content (AvgIpc) is 3.19. The Morgan fingerprint density at radius 3 is 3.05 bits per heavy atom. The van der Waals surface area contributed by atoms with Gasteiger partial charge in [0, 0.05) is 40.6 Å². The van der Waals surface area contributed by atoms with Crippen molar-refractivity contribution in [3.05, 3.63) is 44.8 Å². The van der Waals surface area contributed by atoms with Crippen molar-refractivity contribution >= 4 is 33.0 Å². The quantitative estimate of drug-likeness (QED) is 0.857. The number of pyridine rings is 1. The number of nitrogens with zero attached hydrogens (tertiary/aromatic N) is 2. The Morgan fingerprint density at radius 2 is 2.35 bits per heavy atom. The fourth-order valence-electron chi connectivity index (χ4n) is 2.21. The van der Waals surface area contributed by atoms with E-state index in [1.807, 2.05) is 12.4 Å². The molecule has 0 radical (unpaired) electrons. The van der Waals surface area contributed by atoms with Gasteiger partial charge in [-0.1, -0.05) is 0 Å². The third-order valence-electron chi connectivity index (χ3n) is 3.47. The van der Waals surface area contributed by atoms with Gasteiger partial charge in [0.2, 0.25) is 0 Å². The number of halogens is 1. The second-order valence-corrected chi connectivity index (χ2v) is 7.16. The second-order valence-electron chi connectivity index (χ2n) is 5.25. The highest BCUT2D eigenvalue weighted by Crippen LogP contribution is 2.26. The number of anilines is 1. The Labute approximate surface area is 132 Å². The zero-order valence-electron chi connectivity index (χ0n) is 11.5. The van der Waals surface area contributed by atoms with E-state index in [0.29, 0.717) is 0 Å². The standard InChI is InChI=1S/C15H18BrN3S/c1-19(9-14-6-12(16)10-20-14)15-8-17-5-4-11(15)7-18-13-2-3-13/h4-6,8,10,13,18H,2-3,7,9H2,1H3. The first-order chi connectivity index (χ1) is 9.72. The van der Waals surface area contributed by atoms with Crippen molar-refractivity contribution in [3.63, 3.8) is 0 Å². The Bertz CT molecular complexity index is 580. The highest BCUT2D eigenvalue weighted by Gasteiger charge is 2.20. The molecule has 5 heteroatoms. The topological polar surface area (TPSA) is 28.2 Å². The van der Waals surface area contributed by atoms with Gasteiger partial charge in [-0.3, -0.25) is 4.98 Å². The van der Waals surface area contributed by atoms with Crippen LogP contribution in [0.25, 0.3) is 0 Å². The minimum absolute atomic E-state index is 0.731. The maximum absolute atomic E-state index is 4.28. The lowest BCUT2D eigenvalue weighted by Crippen LogP contribution is -2.21. The smallest absolute Gasteiger partial charge is 0.0599 e. The molecule has 3 rings (SSSR count). The second kappa shape index (κ2) is 6.24. The lowest BCUT2D eigenvalue weighted by molar-refractivity contribution is 0.685. The van der Waals surface area contributed by atoms with E-state index in [1.54, 1.807) is 11.3 Å². The first-order valence-electron chi connectivity index (χ1n) is 6.82. The molecule has 3 nitrogen and oxygen atoms in total. The largest absolute Gasteiger partial charge is 0.368 e. The molecule has 2 aromatic heterocycles. The molecule has 0 unspecified atom stereocenters. The Kier molecular flexibility index (Phi) is 4.38. The lowest BCUT2D eigenvalue weighted by atomic mass is 10.2. The van der Waals surface area contributed by atoms with E-state index < -0.39 is 0 Å². The summed E-state index contributed by atoms with van der Waals surface area (Å²) in [6.45, 7) is 1.85. The number of rotatable bonds is 6. The van der Waals surface area contributed by atoms with Gasteiger partial charge in [-0.25, -0.2) is 0 Å². The molecule has 1 aliphatic rings. The van der Waals surface area contributed by atoms with Crippen LogP contribution in [0.15, 0.2) is 34.4 Å². The van der Waals surface area contributed by atoms with Crippen molar-refractivity contribution in [2.75, 3.05) is 11.9 Å². The SMILES string of the molecule is CN(Cc1cc(Br)cs1)c1cnccc1CNC1CC1. The van der Waals surface area contributed by atoms with E-state index in [2.05, 4.69) is 55.7 Å². The van der Waals surface area contributed by atoms with Crippen LogP contribution in [0.3, 0.4) is 0 Å². The average molecular weight is 352 g/mol. The predicted octanol–water partition coefficient (Wildman–Crippen LogP) is 3.79. The van der Waals surface area contributed by atoms with Gasteiger partial charge in [0.25, 0.3) is 0 Å². The van der Waals surface area contributed by atoms with Crippen LogP contribution in [0.4, 0.5) is 5.69 Å². The van der Waals surface area contributed by atoms with Gasteiger partial charge in [-0.15, -0.1) is 11.3 Å². The Morgan fingerprint density at radius 1 is 1.50 bits per heavy atom. The summed E-state index contributed by atoms with van der Waals surface area (Å²) in [5.41, 5.74) is 2.54. The van der Waals surface area contributed by atoms with Crippen molar-refractivity contribution in [2.45, 2.75) is 32.0 Å².